The van der Waals surface area contributed by atoms with E-state index >= 15 is 0 Å². The largest absolute Gasteiger partial charge is 0.496 e. The second-order valence-electron chi connectivity index (χ2n) is 6.96. The van der Waals surface area contributed by atoms with E-state index < -0.39 is 12.1 Å². The molecule has 0 saturated heterocycles. The summed E-state index contributed by atoms with van der Waals surface area (Å²) in [5.41, 5.74) is 4.69. The number of hydroxylamine groups is 2. The lowest BCUT2D eigenvalue weighted by Crippen LogP contribution is -2.40. The number of anilines is 1. The van der Waals surface area contributed by atoms with E-state index in [4.69, 9.17) is 4.74 Å². The third-order valence-corrected chi connectivity index (χ3v) is 6.28. The van der Waals surface area contributed by atoms with Crippen LogP contribution in [0.1, 0.15) is 39.0 Å². The monoisotopic (exact) mass is 456 g/mol. The molecular formula is C21H21BrN4O3. The van der Waals surface area contributed by atoms with Crippen molar-refractivity contribution < 1.29 is 14.7 Å². The molecule has 0 saturated carbocycles. The Morgan fingerprint density at radius 1 is 1.24 bits per heavy atom. The molecule has 0 aliphatic carbocycles. The summed E-state index contributed by atoms with van der Waals surface area (Å²) in [5, 5.41) is 19.0. The molecule has 1 aliphatic rings. The van der Waals surface area contributed by atoms with Gasteiger partial charge in [0.2, 0.25) is 0 Å². The van der Waals surface area contributed by atoms with Gasteiger partial charge in [-0.25, -0.2) is 0 Å². The summed E-state index contributed by atoms with van der Waals surface area (Å²) in [5.74, 6) is 0.272. The number of halogens is 1. The van der Waals surface area contributed by atoms with Crippen LogP contribution in [0.15, 0.2) is 46.9 Å². The van der Waals surface area contributed by atoms with Crippen LogP contribution in [-0.2, 0) is 6.54 Å². The van der Waals surface area contributed by atoms with Gasteiger partial charge < -0.3 is 10.1 Å². The Balaban J connectivity index is 1.71. The Morgan fingerprint density at radius 3 is 2.69 bits per heavy atom. The predicted molar refractivity (Wildman–Crippen MR) is 112 cm³/mol. The first-order chi connectivity index (χ1) is 13.9. The fraction of sp³-hybridized carbons (Fsp3) is 0.238. The number of rotatable bonds is 4. The smallest absolute Gasteiger partial charge is 0.281 e. The van der Waals surface area contributed by atoms with Gasteiger partial charge in [0.25, 0.3) is 5.91 Å². The highest BCUT2D eigenvalue weighted by atomic mass is 79.9. The molecule has 0 unspecified atom stereocenters. The quantitative estimate of drug-likeness (QED) is 0.572. The van der Waals surface area contributed by atoms with Gasteiger partial charge in [0, 0.05) is 11.3 Å². The van der Waals surface area contributed by atoms with Gasteiger partial charge in [-0.3, -0.25) is 14.7 Å². The van der Waals surface area contributed by atoms with E-state index in [0.717, 1.165) is 32.1 Å². The van der Waals surface area contributed by atoms with Gasteiger partial charge in [-0.05, 0) is 59.6 Å². The lowest BCUT2D eigenvalue weighted by molar-refractivity contribution is -0.0851. The highest BCUT2D eigenvalue weighted by Gasteiger charge is 2.32. The Labute approximate surface area is 177 Å². The molecule has 1 amide bonds. The van der Waals surface area contributed by atoms with Gasteiger partial charge >= 0.3 is 0 Å². The molecule has 0 radical (unpaired) electrons. The summed E-state index contributed by atoms with van der Waals surface area (Å²) < 4.78 is 8.40. The van der Waals surface area contributed by atoms with Crippen molar-refractivity contribution in [3.8, 4) is 5.75 Å². The van der Waals surface area contributed by atoms with Crippen molar-refractivity contribution in [1.29, 1.82) is 0 Å². The second kappa shape index (κ2) is 7.53. The minimum Gasteiger partial charge on any atom is -0.496 e. The van der Waals surface area contributed by atoms with Gasteiger partial charge in [0.1, 0.15) is 5.75 Å². The number of carbonyl (C=O) groups excluding carboxylic acids is 1. The molecule has 7 nitrogen and oxygen atoms in total. The molecule has 29 heavy (non-hydrogen) atoms. The van der Waals surface area contributed by atoms with Crippen molar-refractivity contribution in [2.75, 3.05) is 12.4 Å². The molecule has 2 aromatic carbocycles. The summed E-state index contributed by atoms with van der Waals surface area (Å²) in [7, 11) is 1.62. The van der Waals surface area contributed by atoms with E-state index in [1.54, 1.807) is 19.2 Å². The van der Waals surface area contributed by atoms with Crippen molar-refractivity contribution in [2.24, 2.45) is 0 Å². The molecule has 8 heteroatoms. The van der Waals surface area contributed by atoms with Crippen molar-refractivity contribution in [3.05, 3.63) is 75.0 Å². The van der Waals surface area contributed by atoms with E-state index in [9.17, 15) is 10.0 Å². The van der Waals surface area contributed by atoms with Crippen LogP contribution >= 0.6 is 15.9 Å². The maximum Gasteiger partial charge on any atom is 0.281 e. The summed E-state index contributed by atoms with van der Waals surface area (Å²) in [6.07, 6.45) is -0.700. The molecule has 1 aliphatic heterocycles. The molecular weight excluding hydrogens is 436 g/mol. The molecule has 1 atom stereocenters. The van der Waals surface area contributed by atoms with E-state index in [0.29, 0.717) is 23.5 Å². The van der Waals surface area contributed by atoms with Gasteiger partial charge in [0.15, 0.2) is 6.17 Å². The maximum atomic E-state index is 12.6. The molecule has 0 fully saturated rings. The fourth-order valence-electron chi connectivity index (χ4n) is 3.55. The number of nitrogens with zero attached hydrogens (tertiary/aromatic N) is 3. The molecule has 150 valence electrons. The minimum atomic E-state index is -0.700. The average Bonchev–Trinajstić information content (AvgIpc) is 2.97. The molecule has 4 rings (SSSR count). The summed E-state index contributed by atoms with van der Waals surface area (Å²) >= 11 is 3.55. The van der Waals surface area contributed by atoms with E-state index in [1.165, 1.54) is 0 Å². The number of ether oxygens (including phenoxy) is 1. The Morgan fingerprint density at radius 2 is 2.00 bits per heavy atom. The van der Waals surface area contributed by atoms with Crippen molar-refractivity contribution in [1.82, 2.24) is 14.8 Å². The van der Waals surface area contributed by atoms with Gasteiger partial charge in [-0.15, -0.1) is 0 Å². The lowest BCUT2D eigenvalue weighted by atomic mass is 10.0. The Kier molecular flexibility index (Phi) is 5.06. The van der Waals surface area contributed by atoms with Gasteiger partial charge in [-0.1, -0.05) is 18.2 Å². The van der Waals surface area contributed by atoms with Crippen LogP contribution in [0.4, 0.5) is 5.69 Å². The second-order valence-corrected chi connectivity index (χ2v) is 7.75. The van der Waals surface area contributed by atoms with Gasteiger partial charge in [0.05, 0.1) is 35.1 Å². The van der Waals surface area contributed by atoms with E-state index in [-0.39, 0.29) is 0 Å². The molecule has 2 heterocycles. The average molecular weight is 457 g/mol. The van der Waals surface area contributed by atoms with Crippen molar-refractivity contribution >= 4 is 27.5 Å². The molecule has 1 aromatic heterocycles. The number of nitrogens with one attached hydrogen (secondary N) is 1. The number of aromatic nitrogens is 2. The van der Waals surface area contributed by atoms with Crippen LogP contribution in [0.25, 0.3) is 0 Å². The first-order valence-electron chi connectivity index (χ1n) is 9.15. The third-order valence-electron chi connectivity index (χ3n) is 5.14. The minimum absolute atomic E-state index is 0.437. The first-order valence-corrected chi connectivity index (χ1v) is 9.94. The number of aryl methyl sites for hydroxylation is 1. The summed E-state index contributed by atoms with van der Waals surface area (Å²) in [6.45, 7) is 4.44. The predicted octanol–water partition coefficient (Wildman–Crippen LogP) is 4.28. The Hall–Kier alpha value is -2.84. The van der Waals surface area contributed by atoms with E-state index in [1.807, 2.05) is 48.9 Å². The standard InChI is InChI=1S/C21H21BrN4O3/c1-12-19(22)13(2)25(24-12)11-15-10-14(8-9-18(15)29-3)20-23-17-7-5-4-6-16(17)21(27)26(20)28/h4-10,20,23,28H,11H2,1-3H3/t20-/m0/s1. The number of methoxy groups -OCH3 is 1. The van der Waals surface area contributed by atoms with Crippen molar-refractivity contribution in [2.45, 2.75) is 26.6 Å². The van der Waals surface area contributed by atoms with Crippen LogP contribution in [0.2, 0.25) is 0 Å². The van der Waals surface area contributed by atoms with Crippen LogP contribution < -0.4 is 10.1 Å². The number of benzene rings is 2. The number of amides is 1. The van der Waals surface area contributed by atoms with E-state index in [2.05, 4.69) is 26.3 Å². The van der Waals surface area contributed by atoms with Crippen LogP contribution in [-0.4, -0.2) is 33.1 Å². The van der Waals surface area contributed by atoms with Crippen LogP contribution in [0.5, 0.6) is 5.75 Å². The number of para-hydroxylation sites is 1. The topological polar surface area (TPSA) is 79.6 Å². The van der Waals surface area contributed by atoms with Gasteiger partial charge in [-0.2, -0.15) is 10.2 Å². The zero-order valence-electron chi connectivity index (χ0n) is 16.3. The summed E-state index contributed by atoms with van der Waals surface area (Å²) in [4.78, 5) is 12.6. The summed E-state index contributed by atoms with van der Waals surface area (Å²) in [6, 6.07) is 12.7. The first kappa shape index (κ1) is 19.5. The SMILES string of the molecule is COc1ccc([C@H]2Nc3ccccc3C(=O)N2O)cc1Cn1nc(C)c(Br)c1C. The molecule has 3 aromatic rings. The molecule has 0 spiro atoms. The third kappa shape index (κ3) is 3.38. The zero-order chi connectivity index (χ0) is 20.7. The number of carbonyl (C=O) groups is 1. The highest BCUT2D eigenvalue weighted by molar-refractivity contribution is 9.10. The zero-order valence-corrected chi connectivity index (χ0v) is 17.9. The number of fused-ring (bicyclic) bond motifs is 1. The Bertz CT molecular complexity index is 1100. The lowest BCUT2D eigenvalue weighted by Gasteiger charge is -2.33. The normalized spacial score (nSPS) is 15.8. The van der Waals surface area contributed by atoms with Crippen molar-refractivity contribution in [3.63, 3.8) is 0 Å². The molecule has 0 bridgehead atoms. The van der Waals surface area contributed by atoms with Crippen LogP contribution in [0.3, 0.4) is 0 Å². The highest BCUT2D eigenvalue weighted by Crippen LogP contribution is 2.34. The molecule has 2 N–H and O–H groups in total. The fourth-order valence-corrected chi connectivity index (χ4v) is 3.84. The van der Waals surface area contributed by atoms with Crippen LogP contribution in [0, 0.1) is 13.8 Å². The number of hydrogen-bond donors (Lipinski definition) is 2. The maximum absolute atomic E-state index is 12.6. The number of hydrogen-bond acceptors (Lipinski definition) is 5.